The van der Waals surface area contributed by atoms with E-state index in [1.165, 1.54) is 19.0 Å². The van der Waals surface area contributed by atoms with Crippen molar-refractivity contribution in [3.63, 3.8) is 0 Å². The highest BCUT2D eigenvalue weighted by Crippen LogP contribution is 2.40. The molecule has 0 saturated heterocycles. The summed E-state index contributed by atoms with van der Waals surface area (Å²) in [6.45, 7) is 0.596. The number of rotatable bonds is 4. The summed E-state index contributed by atoms with van der Waals surface area (Å²) in [7, 11) is 0. The molecule has 5 heteroatoms. The molecule has 0 unspecified atom stereocenters. The van der Waals surface area contributed by atoms with Crippen molar-refractivity contribution in [1.82, 2.24) is 9.97 Å². The Labute approximate surface area is 121 Å². The number of hydrogen-bond acceptors (Lipinski definition) is 5. The highest BCUT2D eigenvalue weighted by atomic mass is 16.3. The van der Waals surface area contributed by atoms with Crippen molar-refractivity contribution in [1.29, 1.82) is 0 Å². The summed E-state index contributed by atoms with van der Waals surface area (Å²) in [5.74, 6) is 1.56. The number of oxazole rings is 1. The lowest BCUT2D eigenvalue weighted by Crippen LogP contribution is -2.00. The van der Waals surface area contributed by atoms with Crippen LogP contribution >= 0.6 is 0 Å². The van der Waals surface area contributed by atoms with Gasteiger partial charge in [-0.05, 0) is 43.2 Å². The van der Waals surface area contributed by atoms with Crippen molar-refractivity contribution in [3.05, 3.63) is 48.1 Å². The highest BCUT2D eigenvalue weighted by molar-refractivity contribution is 5.77. The fourth-order valence-electron chi connectivity index (χ4n) is 2.27. The highest BCUT2D eigenvalue weighted by Gasteiger charge is 2.28. The third-order valence-electron chi connectivity index (χ3n) is 3.61. The second-order valence-corrected chi connectivity index (χ2v) is 5.37. The van der Waals surface area contributed by atoms with E-state index in [1.54, 1.807) is 12.1 Å². The number of hydrogen-bond donors (Lipinski definition) is 2. The lowest BCUT2D eigenvalue weighted by atomic mass is 10.2. The largest absolute Gasteiger partial charge is 0.506 e. The summed E-state index contributed by atoms with van der Waals surface area (Å²) in [6, 6.07) is 9.34. The zero-order valence-corrected chi connectivity index (χ0v) is 11.4. The Bertz CT molecular complexity index is 776. The van der Waals surface area contributed by atoms with E-state index in [0.29, 0.717) is 12.5 Å². The zero-order valence-electron chi connectivity index (χ0n) is 11.4. The minimum Gasteiger partial charge on any atom is -0.506 e. The molecule has 2 aromatic heterocycles. The van der Waals surface area contributed by atoms with Crippen LogP contribution in [0.15, 0.2) is 40.9 Å². The number of nitrogens with one attached hydrogen (secondary N) is 1. The van der Waals surface area contributed by atoms with Crippen LogP contribution < -0.4 is 5.32 Å². The molecule has 0 bridgehead atoms. The molecule has 1 aromatic carbocycles. The topological polar surface area (TPSA) is 71.2 Å². The van der Waals surface area contributed by atoms with E-state index in [4.69, 9.17) is 4.42 Å². The Morgan fingerprint density at radius 3 is 2.90 bits per heavy atom. The van der Waals surface area contributed by atoms with Crippen molar-refractivity contribution in [2.45, 2.75) is 25.3 Å². The molecule has 0 amide bonds. The first kappa shape index (κ1) is 12.2. The van der Waals surface area contributed by atoms with E-state index in [1.807, 2.05) is 18.2 Å². The summed E-state index contributed by atoms with van der Waals surface area (Å²) in [5.41, 5.74) is 3.57. The standard InChI is InChI=1S/C16H15N3O2/c20-13-5-3-12(18-9-13)8-17-11-4-6-15-14(7-11)19-16(21-15)10-1-2-10/h3-7,9-10,17,20H,1-2,8H2. The van der Waals surface area contributed by atoms with Crippen molar-refractivity contribution < 1.29 is 9.52 Å². The average molecular weight is 281 g/mol. The Kier molecular flexibility index (Phi) is 2.77. The molecule has 21 heavy (non-hydrogen) atoms. The van der Waals surface area contributed by atoms with E-state index in [9.17, 15) is 5.11 Å². The number of pyridine rings is 1. The number of nitrogens with zero attached hydrogens (tertiary/aromatic N) is 2. The first-order chi connectivity index (χ1) is 10.3. The maximum absolute atomic E-state index is 9.21. The average Bonchev–Trinajstić information content (AvgIpc) is 3.26. The van der Waals surface area contributed by atoms with Gasteiger partial charge < -0.3 is 14.8 Å². The quantitative estimate of drug-likeness (QED) is 0.766. The third-order valence-corrected chi connectivity index (χ3v) is 3.61. The predicted octanol–water partition coefficient (Wildman–Crippen LogP) is 3.42. The molecular weight excluding hydrogens is 266 g/mol. The molecule has 1 aliphatic rings. The molecule has 2 heterocycles. The third kappa shape index (κ3) is 2.54. The molecule has 1 fully saturated rings. The van der Waals surface area contributed by atoms with Crippen LogP contribution in [0, 0.1) is 0 Å². The van der Waals surface area contributed by atoms with E-state index in [0.717, 1.165) is 28.4 Å². The van der Waals surface area contributed by atoms with Gasteiger partial charge in [0.25, 0.3) is 0 Å². The van der Waals surface area contributed by atoms with Crippen LogP contribution in [0.1, 0.15) is 30.3 Å². The molecule has 5 nitrogen and oxygen atoms in total. The first-order valence-electron chi connectivity index (χ1n) is 7.06. The molecule has 1 aliphatic carbocycles. The van der Waals surface area contributed by atoms with E-state index in [-0.39, 0.29) is 5.75 Å². The summed E-state index contributed by atoms with van der Waals surface area (Å²) in [5, 5.41) is 12.5. The Morgan fingerprint density at radius 2 is 2.14 bits per heavy atom. The van der Waals surface area contributed by atoms with Crippen LogP contribution in [-0.4, -0.2) is 15.1 Å². The van der Waals surface area contributed by atoms with Gasteiger partial charge in [0.2, 0.25) is 0 Å². The maximum atomic E-state index is 9.21. The van der Waals surface area contributed by atoms with Gasteiger partial charge in [-0.2, -0.15) is 0 Å². The van der Waals surface area contributed by atoms with Crippen molar-refractivity contribution in [2.24, 2.45) is 0 Å². The van der Waals surface area contributed by atoms with Gasteiger partial charge in [-0.15, -0.1) is 0 Å². The minimum atomic E-state index is 0.176. The lowest BCUT2D eigenvalue weighted by molar-refractivity contribution is 0.472. The molecule has 106 valence electrons. The van der Waals surface area contributed by atoms with Crippen molar-refractivity contribution in [3.8, 4) is 5.75 Å². The van der Waals surface area contributed by atoms with E-state index < -0.39 is 0 Å². The fourth-order valence-corrected chi connectivity index (χ4v) is 2.27. The van der Waals surface area contributed by atoms with Gasteiger partial charge in [0.15, 0.2) is 11.5 Å². The smallest absolute Gasteiger partial charge is 0.198 e. The fraction of sp³-hybridized carbons (Fsp3) is 0.250. The van der Waals surface area contributed by atoms with E-state index in [2.05, 4.69) is 15.3 Å². The lowest BCUT2D eigenvalue weighted by Gasteiger charge is -2.05. The molecule has 3 aromatic rings. The van der Waals surface area contributed by atoms with Crippen LogP contribution in [0.5, 0.6) is 5.75 Å². The molecule has 0 atom stereocenters. The molecule has 0 spiro atoms. The van der Waals surface area contributed by atoms with Gasteiger partial charge in [0.1, 0.15) is 11.3 Å². The SMILES string of the molecule is Oc1ccc(CNc2ccc3oc(C4CC4)nc3c2)nc1. The summed E-state index contributed by atoms with van der Waals surface area (Å²) < 4.78 is 5.74. The first-order valence-corrected chi connectivity index (χ1v) is 7.06. The van der Waals surface area contributed by atoms with Crippen LogP contribution in [0.3, 0.4) is 0 Å². The second kappa shape index (κ2) is 4.77. The van der Waals surface area contributed by atoms with Crippen LogP contribution in [0.4, 0.5) is 5.69 Å². The summed E-state index contributed by atoms with van der Waals surface area (Å²) in [4.78, 5) is 8.69. The normalized spacial score (nSPS) is 14.5. The number of anilines is 1. The van der Waals surface area contributed by atoms with Crippen molar-refractivity contribution >= 4 is 16.8 Å². The Balaban J connectivity index is 1.51. The van der Waals surface area contributed by atoms with Crippen LogP contribution in [-0.2, 0) is 6.54 Å². The number of aromatic hydroxyl groups is 1. The summed E-state index contributed by atoms with van der Waals surface area (Å²) >= 11 is 0. The van der Waals surface area contributed by atoms with Crippen molar-refractivity contribution in [2.75, 3.05) is 5.32 Å². The van der Waals surface area contributed by atoms with Gasteiger partial charge >= 0.3 is 0 Å². The zero-order chi connectivity index (χ0) is 14.2. The minimum absolute atomic E-state index is 0.176. The maximum Gasteiger partial charge on any atom is 0.198 e. The molecule has 2 N–H and O–H groups in total. The van der Waals surface area contributed by atoms with Crippen LogP contribution in [0.2, 0.25) is 0 Å². The molecular formula is C16H15N3O2. The van der Waals surface area contributed by atoms with Gasteiger partial charge in [0, 0.05) is 11.6 Å². The molecule has 0 radical (unpaired) electrons. The second-order valence-electron chi connectivity index (χ2n) is 5.37. The monoisotopic (exact) mass is 281 g/mol. The molecule has 1 saturated carbocycles. The van der Waals surface area contributed by atoms with Gasteiger partial charge in [-0.25, -0.2) is 4.98 Å². The van der Waals surface area contributed by atoms with E-state index >= 15 is 0 Å². The summed E-state index contributed by atoms with van der Waals surface area (Å²) in [6.07, 6.45) is 3.81. The van der Waals surface area contributed by atoms with Gasteiger partial charge in [0.05, 0.1) is 18.4 Å². The van der Waals surface area contributed by atoms with Crippen LogP contribution in [0.25, 0.3) is 11.1 Å². The number of benzene rings is 1. The molecule has 0 aliphatic heterocycles. The Morgan fingerprint density at radius 1 is 1.24 bits per heavy atom. The predicted molar refractivity (Wildman–Crippen MR) is 79.2 cm³/mol. The number of fused-ring (bicyclic) bond motifs is 1. The van der Waals surface area contributed by atoms with Gasteiger partial charge in [-0.1, -0.05) is 0 Å². The Hall–Kier alpha value is -2.56. The number of aromatic nitrogens is 2. The molecule has 4 rings (SSSR count). The van der Waals surface area contributed by atoms with Gasteiger partial charge in [-0.3, -0.25) is 4.98 Å².